The van der Waals surface area contributed by atoms with Gasteiger partial charge in [0, 0.05) is 29.6 Å². The van der Waals surface area contributed by atoms with Crippen LogP contribution in [-0.4, -0.2) is 55.2 Å². The topological polar surface area (TPSA) is 141 Å². The maximum Gasteiger partial charge on any atom is 0.466 e. The van der Waals surface area contributed by atoms with Crippen LogP contribution >= 0.6 is 7.82 Å². The zero-order chi connectivity index (χ0) is 4.50. The molecule has 8 heavy (non-hydrogen) atoms. The van der Waals surface area contributed by atoms with Gasteiger partial charge in [-0.25, -0.2) is 4.57 Å². The van der Waals surface area contributed by atoms with Crippen molar-refractivity contribution in [2.45, 2.75) is 0 Å². The Morgan fingerprint density at radius 1 is 1.00 bits per heavy atom. The average Bonchev–Trinajstić information content (AvgIpc) is 0.722. The molecule has 0 saturated heterocycles. The summed E-state index contributed by atoms with van der Waals surface area (Å²) in [6, 6.07) is 0. The predicted octanol–water partition coefficient (Wildman–Crippen LogP) is -2.96. The SMILES string of the molecule is O.O.O=P(O)(O)O.[Na]. The van der Waals surface area contributed by atoms with Crippen LogP contribution in [0.15, 0.2) is 0 Å². The van der Waals surface area contributed by atoms with Crippen LogP contribution in [0.4, 0.5) is 0 Å². The fourth-order valence-electron chi connectivity index (χ4n) is 0. The molecule has 49 valence electrons. The van der Waals surface area contributed by atoms with Crippen molar-refractivity contribution >= 4 is 37.4 Å². The van der Waals surface area contributed by atoms with Crippen molar-refractivity contribution in [1.29, 1.82) is 0 Å². The van der Waals surface area contributed by atoms with E-state index in [2.05, 4.69) is 0 Å². The van der Waals surface area contributed by atoms with Crippen LogP contribution in [0.25, 0.3) is 0 Å². The van der Waals surface area contributed by atoms with E-state index >= 15 is 0 Å². The number of hydrogen-bond donors (Lipinski definition) is 3. The fraction of sp³-hybridized carbons (Fsp3) is 0. The molecule has 0 aliphatic heterocycles. The summed E-state index contributed by atoms with van der Waals surface area (Å²) >= 11 is 0. The summed E-state index contributed by atoms with van der Waals surface area (Å²) in [6.07, 6.45) is 0. The molecule has 0 bridgehead atoms. The minimum absolute atomic E-state index is 0. The Balaban J connectivity index is -0.0000000267. The van der Waals surface area contributed by atoms with Gasteiger partial charge in [0.15, 0.2) is 0 Å². The molecule has 0 atom stereocenters. The second-order valence-corrected chi connectivity index (χ2v) is 1.54. The van der Waals surface area contributed by atoms with Gasteiger partial charge in [-0.1, -0.05) is 0 Å². The Hall–Kier alpha value is 1.03. The summed E-state index contributed by atoms with van der Waals surface area (Å²) in [4.78, 5) is 21.6. The van der Waals surface area contributed by atoms with Crippen LogP contribution in [0.1, 0.15) is 0 Å². The zero-order valence-corrected chi connectivity index (χ0v) is 7.09. The van der Waals surface area contributed by atoms with Crippen LogP contribution < -0.4 is 0 Å². The van der Waals surface area contributed by atoms with Gasteiger partial charge in [-0.2, -0.15) is 0 Å². The minimum atomic E-state index is -4.64. The Kier molecular flexibility index (Phi) is 23.1. The summed E-state index contributed by atoms with van der Waals surface area (Å²) in [5, 5.41) is 0. The Morgan fingerprint density at radius 3 is 1.00 bits per heavy atom. The smallest absolute Gasteiger partial charge is 0.412 e. The maximum absolute atomic E-state index is 8.88. The minimum Gasteiger partial charge on any atom is -0.412 e. The summed E-state index contributed by atoms with van der Waals surface area (Å²) in [7, 11) is -4.64. The number of phosphoric acid groups is 1. The first-order valence-corrected chi connectivity index (χ1v) is 2.35. The predicted molar refractivity (Wildman–Crippen MR) is 27.2 cm³/mol. The van der Waals surface area contributed by atoms with E-state index < -0.39 is 7.82 Å². The molecular formula is H7NaO6P. The third-order valence-electron chi connectivity index (χ3n) is 0. The molecule has 7 N–H and O–H groups in total. The van der Waals surface area contributed by atoms with E-state index in [1.165, 1.54) is 0 Å². The van der Waals surface area contributed by atoms with E-state index in [0.717, 1.165) is 0 Å². The summed E-state index contributed by atoms with van der Waals surface area (Å²) in [5.41, 5.74) is 0. The third kappa shape index (κ3) is 241. The van der Waals surface area contributed by atoms with Crippen molar-refractivity contribution in [3.05, 3.63) is 0 Å². The van der Waals surface area contributed by atoms with Gasteiger partial charge in [0.2, 0.25) is 0 Å². The Morgan fingerprint density at radius 2 is 1.00 bits per heavy atom. The van der Waals surface area contributed by atoms with E-state index in [4.69, 9.17) is 19.2 Å². The first kappa shape index (κ1) is 23.0. The van der Waals surface area contributed by atoms with Crippen LogP contribution in [0.3, 0.4) is 0 Å². The molecule has 0 heterocycles. The number of rotatable bonds is 0. The van der Waals surface area contributed by atoms with Crippen LogP contribution in [0.5, 0.6) is 0 Å². The van der Waals surface area contributed by atoms with E-state index in [1.807, 2.05) is 0 Å². The molecule has 0 rings (SSSR count). The molecule has 1 radical (unpaired) electrons. The van der Waals surface area contributed by atoms with Gasteiger partial charge in [0.25, 0.3) is 0 Å². The molecule has 6 nitrogen and oxygen atoms in total. The molecule has 0 aliphatic rings. The number of hydrogen-bond acceptors (Lipinski definition) is 1. The molecule has 0 aromatic carbocycles. The summed E-state index contributed by atoms with van der Waals surface area (Å²) < 4.78 is 8.88. The van der Waals surface area contributed by atoms with Crippen molar-refractivity contribution in [2.75, 3.05) is 0 Å². The van der Waals surface area contributed by atoms with E-state index in [-0.39, 0.29) is 40.5 Å². The standard InChI is InChI=1S/Na.H3O4P.2H2O/c;1-5(2,3)4;;/h;(H3,1,2,3,4);2*1H2. The van der Waals surface area contributed by atoms with Crippen molar-refractivity contribution in [3.8, 4) is 0 Å². The third-order valence-corrected chi connectivity index (χ3v) is 0. The van der Waals surface area contributed by atoms with Gasteiger partial charge in [-0.15, -0.1) is 0 Å². The molecule has 8 heteroatoms. The zero-order valence-electron chi connectivity index (χ0n) is 4.20. The Labute approximate surface area is 67.7 Å². The van der Waals surface area contributed by atoms with Gasteiger partial charge < -0.3 is 25.6 Å². The largest absolute Gasteiger partial charge is 0.466 e. The molecule has 0 aliphatic carbocycles. The van der Waals surface area contributed by atoms with Crippen molar-refractivity contribution in [3.63, 3.8) is 0 Å². The first-order chi connectivity index (χ1) is 2.00. The second kappa shape index (κ2) is 8.03. The summed E-state index contributed by atoms with van der Waals surface area (Å²) in [5.74, 6) is 0. The van der Waals surface area contributed by atoms with Gasteiger partial charge in [0.05, 0.1) is 0 Å². The fourth-order valence-corrected chi connectivity index (χ4v) is 0. The van der Waals surface area contributed by atoms with Gasteiger partial charge in [-0.05, 0) is 0 Å². The molecule has 0 aromatic heterocycles. The molecule has 0 amide bonds. The molecule has 0 unspecified atom stereocenters. The van der Waals surface area contributed by atoms with Crippen LogP contribution in [-0.2, 0) is 4.57 Å². The molecule has 0 fully saturated rings. The van der Waals surface area contributed by atoms with Gasteiger partial charge in [0.1, 0.15) is 0 Å². The summed E-state index contributed by atoms with van der Waals surface area (Å²) in [6.45, 7) is 0. The van der Waals surface area contributed by atoms with E-state index in [0.29, 0.717) is 0 Å². The normalized spacial score (nSPS) is 7.38. The Bertz CT molecular complexity index is 54.7. The van der Waals surface area contributed by atoms with Crippen molar-refractivity contribution in [2.24, 2.45) is 0 Å². The van der Waals surface area contributed by atoms with E-state index in [1.54, 1.807) is 0 Å². The first-order valence-electron chi connectivity index (χ1n) is 0.783. The monoisotopic (exact) mass is 157 g/mol. The second-order valence-electron chi connectivity index (χ2n) is 0.513. The van der Waals surface area contributed by atoms with Crippen LogP contribution in [0, 0.1) is 0 Å². The van der Waals surface area contributed by atoms with Crippen molar-refractivity contribution < 1.29 is 30.2 Å². The van der Waals surface area contributed by atoms with Crippen LogP contribution in [0.2, 0.25) is 0 Å². The maximum atomic E-state index is 8.88. The molecule has 0 aromatic rings. The molecule has 0 saturated carbocycles. The molecular weight excluding hydrogens is 150 g/mol. The van der Waals surface area contributed by atoms with E-state index in [9.17, 15) is 0 Å². The average molecular weight is 157 g/mol. The van der Waals surface area contributed by atoms with Gasteiger partial charge in [-0.3, -0.25) is 0 Å². The quantitative estimate of drug-likeness (QED) is 0.255. The molecule has 0 spiro atoms. The van der Waals surface area contributed by atoms with Crippen molar-refractivity contribution in [1.82, 2.24) is 0 Å². The van der Waals surface area contributed by atoms with Gasteiger partial charge >= 0.3 is 7.82 Å².